The number of amides is 1. The predicted molar refractivity (Wildman–Crippen MR) is 106 cm³/mol. The number of hydrogen-bond acceptors (Lipinski definition) is 6. The topological polar surface area (TPSA) is 81.7 Å². The predicted octanol–water partition coefficient (Wildman–Crippen LogP) is 4.47. The molecule has 0 radical (unpaired) electrons. The van der Waals surface area contributed by atoms with Crippen molar-refractivity contribution in [2.24, 2.45) is 0 Å². The Hall–Kier alpha value is -3.45. The largest absolute Gasteiger partial charge is 0.495 e. The highest BCUT2D eigenvalue weighted by Crippen LogP contribution is 2.34. The number of rotatable bonds is 5. The molecule has 1 amide bonds. The molecule has 0 atom stereocenters. The Kier molecular flexibility index (Phi) is 4.90. The number of carbonyl (C=O) groups excluding carboxylic acids is 1. The molecule has 142 valence electrons. The van der Waals surface area contributed by atoms with E-state index in [0.29, 0.717) is 39.3 Å². The molecule has 0 fully saturated rings. The number of benzene rings is 2. The molecule has 0 saturated heterocycles. The lowest BCUT2D eigenvalue weighted by Gasteiger charge is -2.09. The molecule has 7 nitrogen and oxygen atoms in total. The second-order valence-electron chi connectivity index (χ2n) is 5.93. The van der Waals surface area contributed by atoms with Crippen molar-refractivity contribution in [1.29, 1.82) is 0 Å². The number of nitrogens with zero attached hydrogens (tertiary/aromatic N) is 1. The molecule has 4 rings (SSSR count). The van der Waals surface area contributed by atoms with Crippen LogP contribution in [0.2, 0.25) is 5.02 Å². The van der Waals surface area contributed by atoms with E-state index < -0.39 is 0 Å². The van der Waals surface area contributed by atoms with Crippen LogP contribution in [-0.2, 0) is 0 Å². The summed E-state index contributed by atoms with van der Waals surface area (Å²) in [7, 11) is 1.56. The summed E-state index contributed by atoms with van der Waals surface area (Å²) in [4.78, 5) is 16.7. The molecule has 2 aromatic carbocycles. The Morgan fingerprint density at radius 2 is 1.89 bits per heavy atom. The number of methoxy groups -OCH3 is 1. The van der Waals surface area contributed by atoms with Crippen LogP contribution in [0.15, 0.2) is 54.7 Å². The van der Waals surface area contributed by atoms with Gasteiger partial charge >= 0.3 is 0 Å². The van der Waals surface area contributed by atoms with Gasteiger partial charge in [0.05, 0.1) is 17.7 Å². The van der Waals surface area contributed by atoms with E-state index in [1.165, 1.54) is 6.20 Å². The van der Waals surface area contributed by atoms with Gasteiger partial charge in [0.2, 0.25) is 6.79 Å². The third-order valence-corrected chi connectivity index (χ3v) is 4.38. The number of nitrogens with one attached hydrogen (secondary N) is 2. The standard InChI is InChI=1S/C20H16ClN3O4/c1-26-16-5-3-13(8-15(16)21)23-19-7-2-12(10-22-19)20(25)24-14-4-6-17-18(9-14)28-11-27-17/h2-10H,11H2,1H3,(H,22,23)(H,24,25). The van der Waals surface area contributed by atoms with Gasteiger partial charge in [-0.3, -0.25) is 4.79 Å². The van der Waals surface area contributed by atoms with Crippen LogP contribution in [0.25, 0.3) is 0 Å². The van der Waals surface area contributed by atoms with E-state index in [0.717, 1.165) is 5.69 Å². The molecule has 1 aliphatic heterocycles. The van der Waals surface area contributed by atoms with Gasteiger partial charge < -0.3 is 24.8 Å². The van der Waals surface area contributed by atoms with Gasteiger partial charge in [0.1, 0.15) is 11.6 Å². The van der Waals surface area contributed by atoms with Crippen LogP contribution in [0.5, 0.6) is 17.2 Å². The molecule has 1 aliphatic rings. The summed E-state index contributed by atoms with van der Waals surface area (Å²) in [6, 6.07) is 13.9. The molecule has 0 saturated carbocycles. The van der Waals surface area contributed by atoms with Crippen LogP contribution in [0, 0.1) is 0 Å². The van der Waals surface area contributed by atoms with E-state index in [4.69, 9.17) is 25.8 Å². The van der Waals surface area contributed by atoms with Crippen LogP contribution >= 0.6 is 11.6 Å². The van der Waals surface area contributed by atoms with E-state index in [1.54, 1.807) is 49.6 Å². The Morgan fingerprint density at radius 3 is 2.64 bits per heavy atom. The molecule has 28 heavy (non-hydrogen) atoms. The first-order chi connectivity index (χ1) is 13.6. The molecular weight excluding hydrogens is 382 g/mol. The number of ether oxygens (including phenoxy) is 3. The summed E-state index contributed by atoms with van der Waals surface area (Å²) in [6.45, 7) is 0.185. The summed E-state index contributed by atoms with van der Waals surface area (Å²) in [5.74, 6) is 2.17. The van der Waals surface area contributed by atoms with Crippen LogP contribution in [0.3, 0.4) is 0 Å². The summed E-state index contributed by atoms with van der Waals surface area (Å²) in [6.07, 6.45) is 1.50. The van der Waals surface area contributed by atoms with Crippen molar-refractivity contribution in [3.05, 3.63) is 65.3 Å². The van der Waals surface area contributed by atoms with E-state index in [1.807, 2.05) is 6.07 Å². The van der Waals surface area contributed by atoms with Gasteiger partial charge in [-0.15, -0.1) is 0 Å². The average molecular weight is 398 g/mol. The molecule has 8 heteroatoms. The van der Waals surface area contributed by atoms with Crippen molar-refractivity contribution < 1.29 is 19.0 Å². The summed E-state index contributed by atoms with van der Waals surface area (Å²) < 4.78 is 15.7. The number of fused-ring (bicyclic) bond motifs is 1. The third-order valence-electron chi connectivity index (χ3n) is 4.08. The maximum Gasteiger partial charge on any atom is 0.257 e. The van der Waals surface area contributed by atoms with Gasteiger partial charge in [-0.05, 0) is 42.5 Å². The summed E-state index contributed by atoms with van der Waals surface area (Å²) >= 11 is 6.12. The highest BCUT2D eigenvalue weighted by atomic mass is 35.5. The number of anilines is 3. The SMILES string of the molecule is COc1ccc(Nc2ccc(C(=O)Nc3ccc4c(c3)OCO4)cn2)cc1Cl. The van der Waals surface area contributed by atoms with E-state index in [-0.39, 0.29) is 12.7 Å². The van der Waals surface area contributed by atoms with Gasteiger partial charge in [0.25, 0.3) is 5.91 Å². The smallest absolute Gasteiger partial charge is 0.257 e. The molecule has 0 aliphatic carbocycles. The van der Waals surface area contributed by atoms with Crippen molar-refractivity contribution in [3.8, 4) is 17.2 Å². The first-order valence-electron chi connectivity index (χ1n) is 8.40. The number of hydrogen-bond donors (Lipinski definition) is 2. The highest BCUT2D eigenvalue weighted by Gasteiger charge is 2.15. The van der Waals surface area contributed by atoms with Crippen molar-refractivity contribution in [2.45, 2.75) is 0 Å². The Morgan fingerprint density at radius 1 is 1.07 bits per heavy atom. The third kappa shape index (κ3) is 3.79. The molecule has 0 spiro atoms. The van der Waals surface area contributed by atoms with Gasteiger partial charge in [-0.25, -0.2) is 4.98 Å². The fourth-order valence-electron chi connectivity index (χ4n) is 2.67. The fourth-order valence-corrected chi connectivity index (χ4v) is 2.93. The monoisotopic (exact) mass is 397 g/mol. The second-order valence-corrected chi connectivity index (χ2v) is 6.34. The minimum atomic E-state index is -0.273. The number of carbonyl (C=O) groups is 1. The van der Waals surface area contributed by atoms with Gasteiger partial charge in [0, 0.05) is 23.6 Å². The van der Waals surface area contributed by atoms with Crippen molar-refractivity contribution in [1.82, 2.24) is 4.98 Å². The number of halogens is 1. The first-order valence-corrected chi connectivity index (χ1v) is 8.78. The Bertz CT molecular complexity index is 1020. The van der Waals surface area contributed by atoms with Crippen LogP contribution < -0.4 is 24.8 Å². The minimum Gasteiger partial charge on any atom is -0.495 e. The molecule has 0 unspecified atom stereocenters. The molecule has 2 N–H and O–H groups in total. The highest BCUT2D eigenvalue weighted by molar-refractivity contribution is 6.32. The minimum absolute atomic E-state index is 0.185. The zero-order valence-corrected chi connectivity index (χ0v) is 15.6. The fraction of sp³-hybridized carbons (Fsp3) is 0.100. The van der Waals surface area contributed by atoms with Crippen molar-refractivity contribution in [2.75, 3.05) is 24.5 Å². The second kappa shape index (κ2) is 7.66. The van der Waals surface area contributed by atoms with Crippen molar-refractivity contribution >= 4 is 34.7 Å². The van der Waals surface area contributed by atoms with Crippen molar-refractivity contribution in [3.63, 3.8) is 0 Å². The lowest BCUT2D eigenvalue weighted by molar-refractivity contribution is 0.102. The Labute approximate surface area is 166 Å². The Balaban J connectivity index is 1.42. The number of pyridine rings is 1. The number of aromatic nitrogens is 1. The maximum atomic E-state index is 12.4. The lowest BCUT2D eigenvalue weighted by atomic mass is 10.2. The van der Waals surface area contributed by atoms with Crippen LogP contribution in [0.1, 0.15) is 10.4 Å². The van der Waals surface area contributed by atoms with E-state index >= 15 is 0 Å². The molecule has 0 bridgehead atoms. The molecular formula is C20H16ClN3O4. The van der Waals surface area contributed by atoms with E-state index in [2.05, 4.69) is 15.6 Å². The zero-order chi connectivity index (χ0) is 19.5. The molecule has 2 heterocycles. The van der Waals surface area contributed by atoms with Gasteiger partial charge in [-0.1, -0.05) is 11.6 Å². The lowest BCUT2D eigenvalue weighted by Crippen LogP contribution is -2.12. The normalized spacial score (nSPS) is 11.8. The average Bonchev–Trinajstić information content (AvgIpc) is 3.16. The van der Waals surface area contributed by atoms with Gasteiger partial charge in [0.15, 0.2) is 11.5 Å². The summed E-state index contributed by atoms with van der Waals surface area (Å²) in [5.41, 5.74) is 1.80. The van der Waals surface area contributed by atoms with Crippen LogP contribution in [-0.4, -0.2) is 24.8 Å². The van der Waals surface area contributed by atoms with E-state index in [9.17, 15) is 4.79 Å². The zero-order valence-electron chi connectivity index (χ0n) is 14.9. The quantitative estimate of drug-likeness (QED) is 0.661. The first kappa shape index (κ1) is 17.9. The summed E-state index contributed by atoms with van der Waals surface area (Å²) in [5, 5.41) is 6.43. The molecule has 1 aromatic heterocycles. The molecule has 3 aromatic rings. The maximum absolute atomic E-state index is 12.4. The van der Waals surface area contributed by atoms with Gasteiger partial charge in [-0.2, -0.15) is 0 Å². The van der Waals surface area contributed by atoms with Crippen LogP contribution in [0.4, 0.5) is 17.2 Å².